The van der Waals surface area contributed by atoms with Crippen LogP contribution in [0.1, 0.15) is 25.8 Å². The van der Waals surface area contributed by atoms with Crippen LogP contribution in [0.2, 0.25) is 5.02 Å². The lowest BCUT2D eigenvalue weighted by atomic mass is 9.96. The summed E-state index contributed by atoms with van der Waals surface area (Å²) in [4.78, 5) is 36.4. The predicted molar refractivity (Wildman–Crippen MR) is 84.6 cm³/mol. The minimum atomic E-state index is -1.09. The fraction of sp³-hybridized carbons (Fsp3) is 0.438. The monoisotopic (exact) mass is 339 g/mol. The zero-order valence-corrected chi connectivity index (χ0v) is 13.6. The maximum absolute atomic E-state index is 12.7. The molecule has 0 saturated carbocycles. The Morgan fingerprint density at radius 1 is 1.26 bits per heavy atom. The highest BCUT2D eigenvalue weighted by Gasteiger charge is 2.40. The summed E-state index contributed by atoms with van der Waals surface area (Å²) in [7, 11) is 0. The molecule has 6 nitrogen and oxygen atoms in total. The molecule has 124 valence electrons. The third-order valence-corrected chi connectivity index (χ3v) is 4.33. The zero-order chi connectivity index (χ0) is 17.3. The number of carbonyl (C=O) groups is 3. The standard InChI is InChI=1S/C16H18ClNO5/c1-8(5-9(2)15(20)21)14(19)18-12-4-3-11(17)6-10(12)7-13(18)16(22)23/h3-4,6,8-9,13H,5,7H2,1-2H3,(H,20,21)(H,22,23). The summed E-state index contributed by atoms with van der Waals surface area (Å²) < 4.78 is 0. The van der Waals surface area contributed by atoms with Gasteiger partial charge in [0.2, 0.25) is 5.91 Å². The summed E-state index contributed by atoms with van der Waals surface area (Å²) in [6.45, 7) is 3.15. The minimum Gasteiger partial charge on any atom is -0.481 e. The molecule has 7 heteroatoms. The number of fused-ring (bicyclic) bond motifs is 1. The van der Waals surface area contributed by atoms with Crippen LogP contribution >= 0.6 is 11.6 Å². The molecule has 3 unspecified atom stereocenters. The number of benzene rings is 1. The molecule has 0 aliphatic carbocycles. The van der Waals surface area contributed by atoms with Gasteiger partial charge in [-0.15, -0.1) is 0 Å². The van der Waals surface area contributed by atoms with Crippen LogP contribution in [0.15, 0.2) is 18.2 Å². The number of carboxylic acids is 2. The summed E-state index contributed by atoms with van der Waals surface area (Å²) in [6.07, 6.45) is 0.345. The lowest BCUT2D eigenvalue weighted by Crippen LogP contribution is -2.45. The Hall–Kier alpha value is -2.08. The van der Waals surface area contributed by atoms with Gasteiger partial charge >= 0.3 is 11.9 Å². The van der Waals surface area contributed by atoms with E-state index in [0.29, 0.717) is 16.3 Å². The number of anilines is 1. The van der Waals surface area contributed by atoms with Crippen molar-refractivity contribution >= 4 is 35.1 Å². The van der Waals surface area contributed by atoms with Crippen molar-refractivity contribution in [3.63, 3.8) is 0 Å². The second-order valence-electron chi connectivity index (χ2n) is 5.92. The molecule has 2 rings (SSSR count). The summed E-state index contributed by atoms with van der Waals surface area (Å²) in [5, 5.41) is 18.9. The van der Waals surface area contributed by atoms with E-state index in [1.807, 2.05) is 0 Å². The average Bonchev–Trinajstić information content (AvgIpc) is 2.84. The first-order valence-electron chi connectivity index (χ1n) is 7.29. The summed E-state index contributed by atoms with van der Waals surface area (Å²) in [6, 6.07) is 3.91. The van der Waals surface area contributed by atoms with Gasteiger partial charge < -0.3 is 10.2 Å². The molecule has 2 N–H and O–H groups in total. The highest BCUT2D eigenvalue weighted by molar-refractivity contribution is 6.30. The molecule has 0 bridgehead atoms. The molecule has 0 fully saturated rings. The molecule has 1 heterocycles. The molecule has 0 spiro atoms. The number of hydrogen-bond donors (Lipinski definition) is 2. The van der Waals surface area contributed by atoms with Crippen LogP contribution in [0.5, 0.6) is 0 Å². The largest absolute Gasteiger partial charge is 0.481 e. The van der Waals surface area contributed by atoms with Gasteiger partial charge in [0.15, 0.2) is 0 Å². The lowest BCUT2D eigenvalue weighted by molar-refractivity contribution is -0.143. The number of carboxylic acid groups (broad SMARTS) is 2. The molecule has 1 aromatic carbocycles. The van der Waals surface area contributed by atoms with Crippen molar-refractivity contribution in [3.8, 4) is 0 Å². The van der Waals surface area contributed by atoms with E-state index in [1.54, 1.807) is 25.1 Å². The smallest absolute Gasteiger partial charge is 0.327 e. The van der Waals surface area contributed by atoms with Gasteiger partial charge in [-0.25, -0.2) is 4.79 Å². The van der Waals surface area contributed by atoms with Gasteiger partial charge in [0, 0.05) is 23.0 Å². The number of amides is 1. The first-order valence-corrected chi connectivity index (χ1v) is 7.67. The maximum atomic E-state index is 12.7. The Balaban J connectivity index is 2.29. The van der Waals surface area contributed by atoms with E-state index >= 15 is 0 Å². The third kappa shape index (κ3) is 3.47. The first kappa shape index (κ1) is 17.3. The van der Waals surface area contributed by atoms with Crippen LogP contribution in [0.25, 0.3) is 0 Å². The van der Waals surface area contributed by atoms with Crippen LogP contribution < -0.4 is 4.90 Å². The Bertz CT molecular complexity index is 660. The van der Waals surface area contributed by atoms with Crippen molar-refractivity contribution in [2.24, 2.45) is 11.8 Å². The average molecular weight is 340 g/mol. The fourth-order valence-corrected chi connectivity index (χ4v) is 3.05. The molecule has 23 heavy (non-hydrogen) atoms. The molecule has 1 aliphatic heterocycles. The molecule has 1 aliphatic rings. The first-order chi connectivity index (χ1) is 10.7. The van der Waals surface area contributed by atoms with Crippen LogP contribution in [0.3, 0.4) is 0 Å². The van der Waals surface area contributed by atoms with Crippen molar-refractivity contribution in [2.75, 3.05) is 4.90 Å². The van der Waals surface area contributed by atoms with E-state index < -0.39 is 29.8 Å². The van der Waals surface area contributed by atoms with Crippen LogP contribution in [-0.4, -0.2) is 34.1 Å². The summed E-state index contributed by atoms with van der Waals surface area (Å²) in [5.74, 6) is -3.72. The predicted octanol–water partition coefficient (Wildman–Crippen LogP) is 2.43. The Morgan fingerprint density at radius 3 is 2.48 bits per heavy atom. The number of aliphatic carboxylic acids is 2. The van der Waals surface area contributed by atoms with Gasteiger partial charge in [-0.05, 0) is 30.2 Å². The summed E-state index contributed by atoms with van der Waals surface area (Å²) in [5.41, 5.74) is 1.23. The van der Waals surface area contributed by atoms with Crippen LogP contribution in [-0.2, 0) is 20.8 Å². The van der Waals surface area contributed by atoms with Gasteiger partial charge in [-0.3, -0.25) is 14.5 Å². The minimum absolute atomic E-state index is 0.153. The Morgan fingerprint density at radius 2 is 1.91 bits per heavy atom. The van der Waals surface area contributed by atoms with Crippen molar-refractivity contribution in [3.05, 3.63) is 28.8 Å². The van der Waals surface area contributed by atoms with Gasteiger partial charge in [-0.2, -0.15) is 0 Å². The molecule has 0 aromatic heterocycles. The normalized spacial score (nSPS) is 19.1. The van der Waals surface area contributed by atoms with E-state index in [-0.39, 0.29) is 18.7 Å². The third-order valence-electron chi connectivity index (χ3n) is 4.10. The topological polar surface area (TPSA) is 94.9 Å². The number of nitrogens with zero attached hydrogens (tertiary/aromatic N) is 1. The quantitative estimate of drug-likeness (QED) is 0.859. The molecule has 3 atom stereocenters. The molecule has 0 saturated heterocycles. The van der Waals surface area contributed by atoms with E-state index in [1.165, 1.54) is 11.8 Å². The lowest BCUT2D eigenvalue weighted by Gasteiger charge is -2.26. The highest BCUT2D eigenvalue weighted by Crippen LogP contribution is 2.36. The molecule has 1 aromatic rings. The fourth-order valence-electron chi connectivity index (χ4n) is 2.86. The van der Waals surface area contributed by atoms with E-state index in [4.69, 9.17) is 16.7 Å². The van der Waals surface area contributed by atoms with Crippen molar-refractivity contribution in [1.82, 2.24) is 0 Å². The van der Waals surface area contributed by atoms with E-state index in [0.717, 1.165) is 0 Å². The molecule has 1 amide bonds. The SMILES string of the molecule is CC(CC(C)C(=O)N1c2ccc(Cl)cc2CC1C(=O)O)C(=O)O. The summed E-state index contributed by atoms with van der Waals surface area (Å²) >= 11 is 5.93. The second kappa shape index (κ2) is 6.58. The van der Waals surface area contributed by atoms with Crippen LogP contribution in [0.4, 0.5) is 5.69 Å². The van der Waals surface area contributed by atoms with E-state index in [2.05, 4.69) is 0 Å². The number of rotatable bonds is 5. The molecular formula is C16H18ClNO5. The molecular weight excluding hydrogens is 322 g/mol. The van der Waals surface area contributed by atoms with E-state index in [9.17, 15) is 19.5 Å². The van der Waals surface area contributed by atoms with Gasteiger partial charge in [0.25, 0.3) is 0 Å². The van der Waals surface area contributed by atoms with Gasteiger partial charge in [0.05, 0.1) is 5.92 Å². The van der Waals surface area contributed by atoms with Crippen molar-refractivity contribution in [1.29, 1.82) is 0 Å². The van der Waals surface area contributed by atoms with Gasteiger partial charge in [0.1, 0.15) is 6.04 Å². The Labute approximate surface area is 138 Å². The maximum Gasteiger partial charge on any atom is 0.327 e. The van der Waals surface area contributed by atoms with Gasteiger partial charge in [-0.1, -0.05) is 25.4 Å². The highest BCUT2D eigenvalue weighted by atomic mass is 35.5. The second-order valence-corrected chi connectivity index (χ2v) is 6.35. The van der Waals surface area contributed by atoms with Crippen molar-refractivity contribution < 1.29 is 24.6 Å². The zero-order valence-electron chi connectivity index (χ0n) is 12.8. The number of halogens is 1. The number of carbonyl (C=O) groups excluding carboxylic acids is 1. The van der Waals surface area contributed by atoms with Crippen molar-refractivity contribution in [2.45, 2.75) is 32.7 Å². The van der Waals surface area contributed by atoms with Crippen LogP contribution in [0, 0.1) is 11.8 Å². The molecule has 0 radical (unpaired) electrons. The Kier molecular flexibility index (Phi) is 4.94. The number of hydrogen-bond acceptors (Lipinski definition) is 3.